The Morgan fingerprint density at radius 1 is 1.04 bits per heavy atom. The quantitative estimate of drug-likeness (QED) is 0.799. The van der Waals surface area contributed by atoms with Gasteiger partial charge in [-0.2, -0.15) is 0 Å². The van der Waals surface area contributed by atoms with E-state index in [1.54, 1.807) is 24.3 Å². The Kier molecular flexibility index (Phi) is 6.68. The molecule has 142 valence electrons. The highest BCUT2D eigenvalue weighted by Gasteiger charge is 2.16. The number of morpholine rings is 1. The number of benzene rings is 2. The van der Waals surface area contributed by atoms with E-state index in [9.17, 15) is 9.59 Å². The molecular weight excluding hydrogens is 366 g/mol. The van der Waals surface area contributed by atoms with Gasteiger partial charge in [0.2, 0.25) is 5.91 Å². The van der Waals surface area contributed by atoms with Gasteiger partial charge in [0.1, 0.15) is 0 Å². The molecule has 2 N–H and O–H groups in total. The van der Waals surface area contributed by atoms with Gasteiger partial charge in [-0.3, -0.25) is 9.59 Å². The molecule has 2 amide bonds. The summed E-state index contributed by atoms with van der Waals surface area (Å²) in [6, 6.07) is 14.5. The summed E-state index contributed by atoms with van der Waals surface area (Å²) >= 11 is 6.01. The zero-order chi connectivity index (χ0) is 19.1. The maximum absolute atomic E-state index is 12.3. The molecule has 27 heavy (non-hydrogen) atoms. The Bertz CT molecular complexity index is 807. The Hall–Kier alpha value is -2.57. The molecule has 1 aliphatic heterocycles. The summed E-state index contributed by atoms with van der Waals surface area (Å²) in [5.74, 6) is -0.447. The largest absolute Gasteiger partial charge is 0.378 e. The Labute approximate surface area is 163 Å². The third-order valence-corrected chi connectivity index (χ3v) is 4.62. The monoisotopic (exact) mass is 387 g/mol. The fourth-order valence-corrected chi connectivity index (χ4v) is 3.12. The number of nitrogens with zero attached hydrogens (tertiary/aromatic N) is 1. The lowest BCUT2D eigenvalue weighted by molar-refractivity contribution is -0.116. The molecule has 3 rings (SSSR count). The third-order valence-electron chi connectivity index (χ3n) is 4.29. The van der Waals surface area contributed by atoms with Crippen LogP contribution < -0.4 is 15.5 Å². The van der Waals surface area contributed by atoms with Crippen LogP contribution in [0.4, 0.5) is 11.4 Å². The van der Waals surface area contributed by atoms with Crippen molar-refractivity contribution >= 4 is 34.8 Å². The van der Waals surface area contributed by atoms with E-state index in [1.807, 2.05) is 24.3 Å². The predicted molar refractivity (Wildman–Crippen MR) is 107 cm³/mol. The molecule has 0 spiro atoms. The molecule has 0 radical (unpaired) electrons. The van der Waals surface area contributed by atoms with Crippen LogP contribution >= 0.6 is 11.6 Å². The average molecular weight is 388 g/mol. The van der Waals surface area contributed by atoms with E-state index < -0.39 is 0 Å². The smallest absolute Gasteiger partial charge is 0.252 e. The lowest BCUT2D eigenvalue weighted by atomic mass is 10.2. The first-order valence-electron chi connectivity index (χ1n) is 8.89. The number of anilines is 2. The minimum Gasteiger partial charge on any atom is -0.378 e. The lowest BCUT2D eigenvalue weighted by Gasteiger charge is -2.30. The Morgan fingerprint density at radius 2 is 1.74 bits per heavy atom. The number of nitrogens with one attached hydrogen (secondary N) is 2. The first-order chi connectivity index (χ1) is 13.1. The van der Waals surface area contributed by atoms with E-state index in [2.05, 4.69) is 15.5 Å². The van der Waals surface area contributed by atoms with Crippen LogP contribution in [0.5, 0.6) is 0 Å². The van der Waals surface area contributed by atoms with Crippen LogP contribution in [0.15, 0.2) is 48.5 Å². The van der Waals surface area contributed by atoms with Crippen LogP contribution in [0.2, 0.25) is 5.02 Å². The molecule has 7 heteroatoms. The van der Waals surface area contributed by atoms with Gasteiger partial charge < -0.3 is 20.3 Å². The second-order valence-corrected chi connectivity index (χ2v) is 6.56. The molecule has 1 aliphatic rings. The third kappa shape index (κ3) is 5.21. The lowest BCUT2D eigenvalue weighted by Crippen LogP contribution is -2.36. The number of amides is 2. The SMILES string of the molecule is O=C(CCNC(=O)c1ccccc1Cl)Nc1ccccc1N1CCOCC1. The number of ether oxygens (including phenoxy) is 1. The summed E-state index contributed by atoms with van der Waals surface area (Å²) < 4.78 is 5.38. The summed E-state index contributed by atoms with van der Waals surface area (Å²) in [6.07, 6.45) is 0.174. The van der Waals surface area contributed by atoms with Gasteiger partial charge in [-0.05, 0) is 24.3 Å². The van der Waals surface area contributed by atoms with Crippen LogP contribution in [-0.2, 0) is 9.53 Å². The second kappa shape index (κ2) is 9.39. The minimum absolute atomic E-state index is 0.157. The maximum atomic E-state index is 12.3. The van der Waals surface area contributed by atoms with Gasteiger partial charge in [0.25, 0.3) is 5.91 Å². The van der Waals surface area contributed by atoms with Gasteiger partial charge in [0, 0.05) is 26.1 Å². The number of halogens is 1. The molecule has 1 saturated heterocycles. The number of rotatable bonds is 6. The van der Waals surface area contributed by atoms with Gasteiger partial charge in [-0.1, -0.05) is 35.9 Å². The molecule has 6 nitrogen and oxygen atoms in total. The average Bonchev–Trinajstić information content (AvgIpc) is 2.69. The van der Waals surface area contributed by atoms with E-state index in [0.717, 1.165) is 24.5 Å². The maximum Gasteiger partial charge on any atom is 0.252 e. The molecule has 2 aromatic carbocycles. The van der Waals surface area contributed by atoms with Crippen LogP contribution in [-0.4, -0.2) is 44.7 Å². The van der Waals surface area contributed by atoms with Crippen LogP contribution in [0.1, 0.15) is 16.8 Å². The number of para-hydroxylation sites is 2. The van der Waals surface area contributed by atoms with Crippen molar-refractivity contribution in [2.75, 3.05) is 43.1 Å². The zero-order valence-corrected chi connectivity index (χ0v) is 15.7. The number of carbonyl (C=O) groups is 2. The standard InChI is InChI=1S/C20H22ClN3O3/c21-16-6-2-1-5-15(16)20(26)22-10-9-19(25)23-17-7-3-4-8-18(17)24-11-13-27-14-12-24/h1-8H,9-14H2,(H,22,26)(H,23,25). The van der Waals surface area contributed by atoms with Crippen molar-refractivity contribution in [3.8, 4) is 0 Å². The summed E-state index contributed by atoms with van der Waals surface area (Å²) in [5.41, 5.74) is 2.15. The topological polar surface area (TPSA) is 70.7 Å². The summed E-state index contributed by atoms with van der Waals surface area (Å²) in [4.78, 5) is 26.6. The predicted octanol–water partition coefficient (Wildman–Crippen LogP) is 2.94. The van der Waals surface area contributed by atoms with Crippen molar-refractivity contribution in [2.45, 2.75) is 6.42 Å². The van der Waals surface area contributed by atoms with Crippen LogP contribution in [0.3, 0.4) is 0 Å². The fraction of sp³-hybridized carbons (Fsp3) is 0.300. The van der Waals surface area contributed by atoms with Crippen LogP contribution in [0, 0.1) is 0 Å². The number of hydrogen-bond acceptors (Lipinski definition) is 4. The van der Waals surface area contributed by atoms with Crippen LogP contribution in [0.25, 0.3) is 0 Å². The van der Waals surface area contributed by atoms with Gasteiger partial charge >= 0.3 is 0 Å². The molecule has 0 saturated carbocycles. The molecule has 0 bridgehead atoms. The molecule has 0 unspecified atom stereocenters. The van der Waals surface area contributed by atoms with E-state index in [4.69, 9.17) is 16.3 Å². The van der Waals surface area contributed by atoms with Crippen molar-refractivity contribution in [1.82, 2.24) is 5.32 Å². The first-order valence-corrected chi connectivity index (χ1v) is 9.27. The van der Waals surface area contributed by atoms with Gasteiger partial charge in [-0.15, -0.1) is 0 Å². The van der Waals surface area contributed by atoms with Gasteiger partial charge in [-0.25, -0.2) is 0 Å². The highest BCUT2D eigenvalue weighted by atomic mass is 35.5. The van der Waals surface area contributed by atoms with Crippen molar-refractivity contribution in [1.29, 1.82) is 0 Å². The molecule has 1 fully saturated rings. The van der Waals surface area contributed by atoms with E-state index in [0.29, 0.717) is 23.8 Å². The number of hydrogen-bond donors (Lipinski definition) is 2. The second-order valence-electron chi connectivity index (χ2n) is 6.15. The zero-order valence-electron chi connectivity index (χ0n) is 14.9. The van der Waals surface area contributed by atoms with Gasteiger partial charge in [0.15, 0.2) is 0 Å². The molecule has 2 aromatic rings. The highest BCUT2D eigenvalue weighted by Crippen LogP contribution is 2.26. The van der Waals surface area contributed by atoms with Crippen molar-refractivity contribution in [3.63, 3.8) is 0 Å². The van der Waals surface area contributed by atoms with Crippen molar-refractivity contribution < 1.29 is 14.3 Å². The summed E-state index contributed by atoms with van der Waals surface area (Å²) in [6.45, 7) is 3.17. The molecule has 0 aromatic heterocycles. The normalized spacial score (nSPS) is 13.9. The minimum atomic E-state index is -0.290. The highest BCUT2D eigenvalue weighted by molar-refractivity contribution is 6.33. The van der Waals surface area contributed by atoms with E-state index >= 15 is 0 Å². The van der Waals surface area contributed by atoms with Gasteiger partial charge in [0.05, 0.1) is 35.2 Å². The Balaban J connectivity index is 1.53. The fourth-order valence-electron chi connectivity index (χ4n) is 2.90. The first kappa shape index (κ1) is 19.2. The van der Waals surface area contributed by atoms with Crippen molar-refractivity contribution in [2.24, 2.45) is 0 Å². The molecule has 0 aliphatic carbocycles. The molecular formula is C20H22ClN3O3. The number of carbonyl (C=O) groups excluding carboxylic acids is 2. The molecule has 1 heterocycles. The summed E-state index contributed by atoms with van der Waals surface area (Å²) in [7, 11) is 0. The van der Waals surface area contributed by atoms with E-state index in [1.165, 1.54) is 0 Å². The molecule has 0 atom stereocenters. The Morgan fingerprint density at radius 3 is 2.52 bits per heavy atom. The van der Waals surface area contributed by atoms with E-state index in [-0.39, 0.29) is 24.8 Å². The summed E-state index contributed by atoms with van der Waals surface area (Å²) in [5, 5.41) is 6.05. The van der Waals surface area contributed by atoms with Crippen molar-refractivity contribution in [3.05, 3.63) is 59.1 Å².